The van der Waals surface area contributed by atoms with Crippen LogP contribution in [0.15, 0.2) is 158 Å². The lowest BCUT2D eigenvalue weighted by atomic mass is 9.81. The number of hydrogen-bond acceptors (Lipinski definition) is 2. The summed E-state index contributed by atoms with van der Waals surface area (Å²) in [5, 5.41) is 0. The number of anilines is 6. The molecule has 0 unspecified atom stereocenters. The van der Waals surface area contributed by atoms with E-state index in [0.29, 0.717) is 0 Å². The summed E-state index contributed by atoms with van der Waals surface area (Å²) in [6.45, 7) is 13.4. The maximum Gasteiger partial charge on any atom is 0.0466 e. The molecule has 0 heterocycles. The lowest BCUT2D eigenvalue weighted by Crippen LogP contribution is -2.16. The molecule has 0 N–H and O–H groups in total. The van der Waals surface area contributed by atoms with Crippen LogP contribution in [0.3, 0.4) is 0 Å². The minimum Gasteiger partial charge on any atom is -0.310 e. The molecule has 0 fully saturated rings. The van der Waals surface area contributed by atoms with Gasteiger partial charge in [-0.05, 0) is 156 Å². The van der Waals surface area contributed by atoms with E-state index >= 15 is 0 Å². The lowest BCUT2D eigenvalue weighted by Gasteiger charge is -2.28. The third kappa shape index (κ3) is 6.69. The lowest BCUT2D eigenvalue weighted by molar-refractivity contribution is 0.660. The van der Waals surface area contributed by atoms with Gasteiger partial charge >= 0.3 is 0 Å². The minimum atomic E-state index is -0.147. The monoisotopic (exact) mass is 686 g/mol. The Balaban J connectivity index is 1.08. The Morgan fingerprint density at radius 3 is 1.28 bits per heavy atom. The smallest absolute Gasteiger partial charge is 0.0466 e. The van der Waals surface area contributed by atoms with Crippen molar-refractivity contribution in [3.8, 4) is 11.1 Å². The third-order valence-electron chi connectivity index (χ3n) is 10.5. The molecule has 8 rings (SSSR count). The normalized spacial score (nSPS) is 12.8. The van der Waals surface area contributed by atoms with Crippen LogP contribution in [-0.2, 0) is 5.41 Å². The van der Waals surface area contributed by atoms with Crippen molar-refractivity contribution < 1.29 is 0 Å². The largest absolute Gasteiger partial charge is 0.310 e. The first-order valence-electron chi connectivity index (χ1n) is 18.6. The quantitative estimate of drug-likeness (QED) is 0.147. The molecule has 0 aliphatic heterocycles. The second kappa shape index (κ2) is 13.8. The number of hydrogen-bond donors (Lipinski definition) is 0. The number of para-hydroxylation sites is 2. The predicted molar refractivity (Wildman–Crippen MR) is 228 cm³/mol. The molecule has 0 saturated heterocycles. The molecule has 1 aliphatic rings. The van der Waals surface area contributed by atoms with Gasteiger partial charge in [0, 0.05) is 39.5 Å². The van der Waals surface area contributed by atoms with E-state index in [1.807, 2.05) is 0 Å². The first kappa shape index (κ1) is 34.0. The van der Waals surface area contributed by atoms with Crippen LogP contribution < -0.4 is 9.80 Å². The van der Waals surface area contributed by atoms with E-state index < -0.39 is 0 Å². The molecule has 2 heteroatoms. The fraction of sp³-hybridized carbons (Fsp3) is 0.137. The van der Waals surface area contributed by atoms with Crippen LogP contribution >= 0.6 is 0 Å². The summed E-state index contributed by atoms with van der Waals surface area (Å²) in [5.74, 6) is 0. The molecule has 53 heavy (non-hydrogen) atoms. The Bertz CT molecular complexity index is 2410. The molecule has 260 valence electrons. The van der Waals surface area contributed by atoms with Gasteiger partial charge in [0.15, 0.2) is 0 Å². The number of fused-ring (bicyclic) bond motifs is 3. The summed E-state index contributed by atoms with van der Waals surface area (Å²) >= 11 is 0. The summed E-state index contributed by atoms with van der Waals surface area (Å²) in [7, 11) is 0. The van der Waals surface area contributed by atoms with E-state index in [1.54, 1.807) is 0 Å². The summed E-state index contributed by atoms with van der Waals surface area (Å²) in [6.07, 6.45) is 4.47. The molecule has 0 aromatic heterocycles. The molecular formula is C51H46N2. The third-order valence-corrected chi connectivity index (χ3v) is 10.5. The van der Waals surface area contributed by atoms with Crippen molar-refractivity contribution in [1.29, 1.82) is 0 Å². The molecule has 0 atom stereocenters. The van der Waals surface area contributed by atoms with E-state index in [2.05, 4.69) is 221 Å². The highest BCUT2D eigenvalue weighted by atomic mass is 15.1. The molecule has 7 aromatic carbocycles. The van der Waals surface area contributed by atoms with Crippen molar-refractivity contribution in [2.45, 2.75) is 47.0 Å². The predicted octanol–water partition coefficient (Wildman–Crippen LogP) is 14.3. The van der Waals surface area contributed by atoms with E-state index in [-0.39, 0.29) is 5.41 Å². The molecule has 0 amide bonds. The van der Waals surface area contributed by atoms with Gasteiger partial charge in [-0.25, -0.2) is 0 Å². The fourth-order valence-corrected chi connectivity index (χ4v) is 8.12. The van der Waals surface area contributed by atoms with Crippen molar-refractivity contribution in [3.05, 3.63) is 202 Å². The van der Waals surface area contributed by atoms with Crippen LogP contribution in [0.4, 0.5) is 34.1 Å². The van der Waals surface area contributed by atoms with Crippen LogP contribution in [0.5, 0.6) is 0 Å². The van der Waals surface area contributed by atoms with Crippen LogP contribution in [0, 0.1) is 27.7 Å². The standard InChI is InChI=1S/C51H46N2/c1-35-27-36(2)30-45(29-35)52(41-13-9-7-10-14-41)43-22-19-39(20-23-43)17-18-40-21-25-47-48-26-24-44(34-50(48)51(5,6)49(47)33-40)53(42-15-11-8-12-16-42)46-31-37(3)28-38(4)32-46/h7-34H,1-6H3/b18-17+. The zero-order chi connectivity index (χ0) is 36.7. The summed E-state index contributed by atoms with van der Waals surface area (Å²) in [4.78, 5) is 4.72. The van der Waals surface area contributed by atoms with Crippen LogP contribution in [-0.4, -0.2) is 0 Å². The van der Waals surface area contributed by atoms with E-state index in [4.69, 9.17) is 0 Å². The highest BCUT2D eigenvalue weighted by Crippen LogP contribution is 2.51. The summed E-state index contributed by atoms with van der Waals surface area (Å²) < 4.78 is 0. The Kier molecular flexibility index (Phi) is 8.84. The second-order valence-electron chi connectivity index (χ2n) is 15.1. The molecule has 0 spiro atoms. The van der Waals surface area contributed by atoms with Gasteiger partial charge in [0.1, 0.15) is 0 Å². The first-order valence-corrected chi connectivity index (χ1v) is 18.6. The topological polar surface area (TPSA) is 6.48 Å². The van der Waals surface area contributed by atoms with Gasteiger partial charge in [0.2, 0.25) is 0 Å². The van der Waals surface area contributed by atoms with Crippen molar-refractivity contribution in [3.63, 3.8) is 0 Å². The number of nitrogens with zero attached hydrogens (tertiary/aromatic N) is 2. The summed E-state index contributed by atoms with van der Waals surface area (Å²) in [6, 6.07) is 57.7. The summed E-state index contributed by atoms with van der Waals surface area (Å²) in [5.41, 5.74) is 19.6. The molecule has 0 radical (unpaired) electrons. The van der Waals surface area contributed by atoms with E-state index in [0.717, 1.165) is 17.1 Å². The Labute approximate surface area is 315 Å². The molecule has 2 nitrogen and oxygen atoms in total. The average Bonchev–Trinajstić information content (AvgIpc) is 3.36. The second-order valence-corrected chi connectivity index (χ2v) is 15.1. The van der Waals surface area contributed by atoms with E-state index in [1.165, 1.54) is 72.7 Å². The SMILES string of the molecule is Cc1cc(C)cc(N(c2ccccc2)c2ccc(/C=C/c3ccc4c(c3)C(C)(C)c3cc(N(c5ccccc5)c5cc(C)cc(C)c5)ccc3-4)cc2)c1. The van der Waals surface area contributed by atoms with Crippen LogP contribution in [0.2, 0.25) is 0 Å². The Hall–Kier alpha value is -6.12. The molecule has 1 aliphatic carbocycles. The van der Waals surface area contributed by atoms with Crippen molar-refractivity contribution in [2.24, 2.45) is 0 Å². The highest BCUT2D eigenvalue weighted by molar-refractivity contribution is 5.87. The molecule has 7 aromatic rings. The van der Waals surface area contributed by atoms with Gasteiger partial charge in [0.05, 0.1) is 0 Å². The van der Waals surface area contributed by atoms with Gasteiger partial charge < -0.3 is 9.80 Å². The Morgan fingerprint density at radius 1 is 0.358 bits per heavy atom. The maximum atomic E-state index is 2.41. The fourth-order valence-electron chi connectivity index (χ4n) is 8.12. The van der Waals surface area contributed by atoms with Gasteiger partial charge in [0.25, 0.3) is 0 Å². The number of aryl methyl sites for hydroxylation is 4. The zero-order valence-corrected chi connectivity index (χ0v) is 31.6. The minimum absolute atomic E-state index is 0.147. The number of rotatable bonds is 8. The molecular weight excluding hydrogens is 641 g/mol. The van der Waals surface area contributed by atoms with Gasteiger partial charge in [-0.15, -0.1) is 0 Å². The van der Waals surface area contributed by atoms with E-state index in [9.17, 15) is 0 Å². The number of benzene rings is 7. The highest BCUT2D eigenvalue weighted by Gasteiger charge is 2.36. The van der Waals surface area contributed by atoms with Gasteiger partial charge in [-0.2, -0.15) is 0 Å². The maximum absolute atomic E-state index is 2.41. The van der Waals surface area contributed by atoms with Gasteiger partial charge in [-0.1, -0.05) is 111 Å². The first-order chi connectivity index (χ1) is 25.6. The van der Waals surface area contributed by atoms with Crippen molar-refractivity contribution >= 4 is 46.3 Å². The molecule has 0 bridgehead atoms. The van der Waals surface area contributed by atoms with Gasteiger partial charge in [-0.3, -0.25) is 0 Å². The average molecular weight is 687 g/mol. The van der Waals surface area contributed by atoms with Crippen molar-refractivity contribution in [1.82, 2.24) is 0 Å². The Morgan fingerprint density at radius 2 is 0.755 bits per heavy atom. The van der Waals surface area contributed by atoms with Crippen LogP contribution in [0.1, 0.15) is 58.4 Å². The van der Waals surface area contributed by atoms with Crippen LogP contribution in [0.25, 0.3) is 23.3 Å². The molecule has 0 saturated carbocycles. The zero-order valence-electron chi connectivity index (χ0n) is 31.6. The van der Waals surface area contributed by atoms with Crippen molar-refractivity contribution in [2.75, 3.05) is 9.80 Å².